The lowest BCUT2D eigenvalue weighted by atomic mass is 10.1. The molecule has 8 heteroatoms. The zero-order valence-corrected chi connectivity index (χ0v) is 17.6. The number of hydrogen-bond donors (Lipinski definition) is 2. The molecule has 0 saturated heterocycles. The van der Waals surface area contributed by atoms with Gasteiger partial charge in [-0.25, -0.2) is 13.2 Å². The molecule has 0 amide bonds. The van der Waals surface area contributed by atoms with E-state index in [1.165, 1.54) is 44.6 Å². The minimum absolute atomic E-state index is 0.0113. The summed E-state index contributed by atoms with van der Waals surface area (Å²) in [6.07, 6.45) is 0. The highest BCUT2D eigenvalue weighted by Gasteiger charge is 2.18. The first-order valence-electron chi connectivity index (χ1n) is 9.03. The molecule has 0 bridgehead atoms. The minimum Gasteiger partial charge on any atom is -0.493 e. The zero-order chi connectivity index (χ0) is 22.4. The number of rotatable bonds is 6. The van der Waals surface area contributed by atoms with Crippen LogP contribution in [0.1, 0.15) is 21.5 Å². The van der Waals surface area contributed by atoms with Crippen molar-refractivity contribution in [2.24, 2.45) is 0 Å². The molecule has 0 aromatic heterocycles. The maximum absolute atomic E-state index is 12.9. The van der Waals surface area contributed by atoms with E-state index in [0.29, 0.717) is 28.3 Å². The van der Waals surface area contributed by atoms with Gasteiger partial charge in [-0.15, -0.1) is 0 Å². The summed E-state index contributed by atoms with van der Waals surface area (Å²) in [6, 6.07) is 17.1. The second-order valence-corrected chi connectivity index (χ2v) is 7.98. The Hall–Kier alpha value is -3.96. The van der Waals surface area contributed by atoms with Crippen LogP contribution in [-0.4, -0.2) is 33.7 Å². The Bertz CT molecular complexity index is 1270. The Kier molecular flexibility index (Phi) is 6.48. The topological polar surface area (TPSA) is 102 Å². The van der Waals surface area contributed by atoms with E-state index < -0.39 is 16.0 Å². The largest absolute Gasteiger partial charge is 0.493 e. The van der Waals surface area contributed by atoms with Crippen molar-refractivity contribution in [1.29, 1.82) is 0 Å². The molecule has 0 aliphatic heterocycles. The van der Waals surface area contributed by atoms with E-state index in [0.717, 1.165) is 0 Å². The van der Waals surface area contributed by atoms with E-state index in [2.05, 4.69) is 16.6 Å². The Morgan fingerprint density at radius 2 is 1.58 bits per heavy atom. The molecule has 0 saturated carbocycles. The summed E-state index contributed by atoms with van der Waals surface area (Å²) >= 11 is 0. The molecule has 0 aliphatic carbocycles. The fourth-order valence-corrected chi connectivity index (χ4v) is 3.80. The standard InChI is InChI=1S/C23H19NO6S/c1-29-21-14-13-19(15-22(21)30-2)31(27,28)24-20-6-4-3-5-17(20)10-7-16-8-11-18(12-9-16)23(25)26/h3-6,8-9,11-15,24H,1-2H3,(H,25,26). The first-order valence-corrected chi connectivity index (χ1v) is 10.5. The number of anilines is 1. The summed E-state index contributed by atoms with van der Waals surface area (Å²) in [6.45, 7) is 0. The van der Waals surface area contributed by atoms with Crippen molar-refractivity contribution in [3.63, 3.8) is 0 Å². The molecule has 7 nitrogen and oxygen atoms in total. The maximum Gasteiger partial charge on any atom is 0.335 e. The number of carboxylic acids is 1. The van der Waals surface area contributed by atoms with Crippen molar-refractivity contribution in [3.05, 3.63) is 83.4 Å². The third-order valence-electron chi connectivity index (χ3n) is 4.31. The van der Waals surface area contributed by atoms with Crippen molar-refractivity contribution < 1.29 is 27.8 Å². The first kappa shape index (κ1) is 21.7. The third kappa shape index (κ3) is 5.15. The normalized spacial score (nSPS) is 10.5. The van der Waals surface area contributed by atoms with Crippen LogP contribution in [0.5, 0.6) is 11.5 Å². The number of aromatic carboxylic acids is 1. The Morgan fingerprint density at radius 3 is 2.23 bits per heavy atom. The van der Waals surface area contributed by atoms with Crippen LogP contribution in [0.15, 0.2) is 71.6 Å². The number of methoxy groups -OCH3 is 2. The first-order chi connectivity index (χ1) is 14.8. The molecule has 0 unspecified atom stereocenters. The van der Waals surface area contributed by atoms with Crippen molar-refractivity contribution in [3.8, 4) is 23.3 Å². The maximum atomic E-state index is 12.9. The van der Waals surface area contributed by atoms with E-state index in [9.17, 15) is 13.2 Å². The summed E-state index contributed by atoms with van der Waals surface area (Å²) in [5.41, 5.74) is 1.54. The van der Waals surface area contributed by atoms with Crippen molar-refractivity contribution in [1.82, 2.24) is 0 Å². The second-order valence-electron chi connectivity index (χ2n) is 6.30. The Balaban J connectivity index is 1.90. The second kappa shape index (κ2) is 9.24. The van der Waals surface area contributed by atoms with Crippen LogP contribution >= 0.6 is 0 Å². The number of benzene rings is 3. The average molecular weight is 437 g/mol. The molecule has 3 aromatic carbocycles. The van der Waals surface area contributed by atoms with E-state index in [-0.39, 0.29) is 10.5 Å². The molecule has 0 fully saturated rings. The summed E-state index contributed by atoms with van der Waals surface area (Å²) in [5, 5.41) is 8.97. The lowest BCUT2D eigenvalue weighted by Gasteiger charge is -2.12. The van der Waals surface area contributed by atoms with Gasteiger partial charge in [0.05, 0.1) is 30.4 Å². The molecule has 31 heavy (non-hydrogen) atoms. The predicted octanol–water partition coefficient (Wildman–Crippen LogP) is 3.60. The fraction of sp³-hybridized carbons (Fsp3) is 0.0870. The van der Waals surface area contributed by atoms with Gasteiger partial charge in [0.15, 0.2) is 11.5 Å². The molecule has 158 valence electrons. The Morgan fingerprint density at radius 1 is 0.903 bits per heavy atom. The van der Waals surface area contributed by atoms with Crippen LogP contribution in [0, 0.1) is 11.8 Å². The highest BCUT2D eigenvalue weighted by Crippen LogP contribution is 2.30. The van der Waals surface area contributed by atoms with Gasteiger partial charge in [0.2, 0.25) is 0 Å². The smallest absolute Gasteiger partial charge is 0.335 e. The lowest BCUT2D eigenvalue weighted by molar-refractivity contribution is 0.0697. The highest BCUT2D eigenvalue weighted by atomic mass is 32.2. The van der Waals surface area contributed by atoms with E-state index >= 15 is 0 Å². The van der Waals surface area contributed by atoms with E-state index in [4.69, 9.17) is 14.6 Å². The van der Waals surface area contributed by atoms with Gasteiger partial charge in [-0.3, -0.25) is 4.72 Å². The van der Waals surface area contributed by atoms with Crippen LogP contribution in [0.25, 0.3) is 0 Å². The van der Waals surface area contributed by atoms with Crippen LogP contribution in [0.3, 0.4) is 0 Å². The van der Waals surface area contributed by atoms with Crippen LogP contribution in [0.4, 0.5) is 5.69 Å². The van der Waals surface area contributed by atoms with Gasteiger partial charge >= 0.3 is 5.97 Å². The van der Waals surface area contributed by atoms with Crippen molar-refractivity contribution >= 4 is 21.7 Å². The number of para-hydroxylation sites is 1. The average Bonchev–Trinajstić information content (AvgIpc) is 2.78. The highest BCUT2D eigenvalue weighted by molar-refractivity contribution is 7.92. The van der Waals surface area contributed by atoms with Gasteiger partial charge < -0.3 is 14.6 Å². The van der Waals surface area contributed by atoms with Gasteiger partial charge in [0, 0.05) is 17.2 Å². The molecule has 0 aliphatic rings. The molecule has 0 atom stereocenters. The molecule has 0 heterocycles. The molecule has 2 N–H and O–H groups in total. The van der Waals surface area contributed by atoms with Crippen molar-refractivity contribution in [2.45, 2.75) is 4.90 Å². The van der Waals surface area contributed by atoms with Crippen LogP contribution in [-0.2, 0) is 10.0 Å². The number of hydrogen-bond acceptors (Lipinski definition) is 5. The summed E-state index contributed by atoms with van der Waals surface area (Å²) in [5.74, 6) is 5.53. The quantitative estimate of drug-likeness (QED) is 0.572. The summed E-state index contributed by atoms with van der Waals surface area (Å²) in [4.78, 5) is 11.0. The van der Waals surface area contributed by atoms with Gasteiger partial charge in [-0.2, -0.15) is 0 Å². The Labute approximate surface area is 180 Å². The monoisotopic (exact) mass is 437 g/mol. The minimum atomic E-state index is -3.91. The van der Waals surface area contributed by atoms with Crippen molar-refractivity contribution in [2.75, 3.05) is 18.9 Å². The number of ether oxygens (including phenoxy) is 2. The third-order valence-corrected chi connectivity index (χ3v) is 5.67. The predicted molar refractivity (Wildman–Crippen MR) is 116 cm³/mol. The van der Waals surface area contributed by atoms with Gasteiger partial charge in [-0.05, 0) is 48.5 Å². The SMILES string of the molecule is COc1ccc(S(=O)(=O)Nc2ccccc2C#Cc2ccc(C(=O)O)cc2)cc1OC. The summed E-state index contributed by atoms with van der Waals surface area (Å²) < 4.78 is 38.6. The van der Waals surface area contributed by atoms with Crippen LogP contribution < -0.4 is 14.2 Å². The lowest BCUT2D eigenvalue weighted by Crippen LogP contribution is -2.14. The van der Waals surface area contributed by atoms with E-state index in [1.54, 1.807) is 36.4 Å². The van der Waals surface area contributed by atoms with E-state index in [1.807, 2.05) is 0 Å². The zero-order valence-electron chi connectivity index (χ0n) is 16.7. The summed E-state index contributed by atoms with van der Waals surface area (Å²) in [7, 11) is -1.02. The molecule has 0 spiro atoms. The van der Waals surface area contributed by atoms with Gasteiger partial charge in [0.1, 0.15) is 0 Å². The number of nitrogens with one attached hydrogen (secondary N) is 1. The molecular weight excluding hydrogens is 418 g/mol. The molecular formula is C23H19NO6S. The number of carbonyl (C=O) groups is 1. The van der Waals surface area contributed by atoms with Crippen LogP contribution in [0.2, 0.25) is 0 Å². The number of carboxylic acid groups (broad SMARTS) is 1. The molecule has 0 radical (unpaired) electrons. The molecule has 3 rings (SSSR count). The number of sulfonamides is 1. The van der Waals surface area contributed by atoms with Gasteiger partial charge in [-0.1, -0.05) is 24.0 Å². The van der Waals surface area contributed by atoms with Gasteiger partial charge in [0.25, 0.3) is 10.0 Å². The molecule has 3 aromatic rings. The fourth-order valence-electron chi connectivity index (χ4n) is 2.70.